The van der Waals surface area contributed by atoms with Crippen LogP contribution in [0.3, 0.4) is 0 Å². The Kier molecular flexibility index (Phi) is 6.00. The summed E-state index contributed by atoms with van der Waals surface area (Å²) in [5.74, 6) is 1.53. The number of likely N-dealkylation sites (N-methyl/N-ethyl adjacent to an activating group) is 1. The van der Waals surface area contributed by atoms with E-state index in [0.29, 0.717) is 5.75 Å². The van der Waals surface area contributed by atoms with E-state index in [9.17, 15) is 4.79 Å². The zero-order valence-electron chi connectivity index (χ0n) is 18.5. The third-order valence-corrected chi connectivity index (χ3v) is 5.88. The third-order valence-electron chi connectivity index (χ3n) is 5.88. The Morgan fingerprint density at radius 1 is 1.03 bits per heavy atom. The van der Waals surface area contributed by atoms with Crippen molar-refractivity contribution in [2.75, 3.05) is 47.4 Å². The lowest BCUT2D eigenvalue weighted by Crippen LogP contribution is -2.46. The molecule has 2 aromatic carbocycles. The molecule has 162 valence electrons. The lowest BCUT2D eigenvalue weighted by atomic mass is 9.99. The molecule has 1 saturated heterocycles. The van der Waals surface area contributed by atoms with Crippen molar-refractivity contribution < 1.29 is 18.7 Å². The van der Waals surface area contributed by atoms with E-state index in [-0.39, 0.29) is 5.91 Å². The van der Waals surface area contributed by atoms with E-state index in [1.165, 1.54) is 0 Å². The van der Waals surface area contributed by atoms with Gasteiger partial charge in [-0.15, -0.1) is 0 Å². The molecule has 4 rings (SSSR count). The van der Waals surface area contributed by atoms with Crippen LogP contribution < -0.4 is 9.47 Å². The Labute approximate surface area is 182 Å². The van der Waals surface area contributed by atoms with Gasteiger partial charge in [0.05, 0.1) is 20.5 Å². The summed E-state index contributed by atoms with van der Waals surface area (Å²) in [5, 5.41) is 0.973. The number of rotatable bonds is 5. The van der Waals surface area contributed by atoms with E-state index < -0.39 is 0 Å². The molecule has 1 fully saturated rings. The largest absolute Gasteiger partial charge is 0.497 e. The maximum absolute atomic E-state index is 12.8. The van der Waals surface area contributed by atoms with Gasteiger partial charge in [-0.3, -0.25) is 4.79 Å². The van der Waals surface area contributed by atoms with Crippen LogP contribution in [0.25, 0.3) is 27.7 Å². The second-order valence-electron chi connectivity index (χ2n) is 7.88. The fraction of sp³-hybridized carbons (Fsp3) is 0.320. The molecule has 6 heteroatoms. The number of amides is 1. The Balaban J connectivity index is 1.70. The van der Waals surface area contributed by atoms with Crippen LogP contribution in [-0.2, 0) is 4.79 Å². The minimum Gasteiger partial charge on any atom is -0.497 e. The van der Waals surface area contributed by atoms with Crippen molar-refractivity contribution in [3.05, 3.63) is 54.3 Å². The SMILES string of the molecule is COc1ccc(-c2coc3cc(OC)c(/C(C)=C/C(=O)N4CCN(C)CC4)cc23)cc1. The van der Waals surface area contributed by atoms with Gasteiger partial charge in [0.25, 0.3) is 0 Å². The summed E-state index contributed by atoms with van der Waals surface area (Å²) < 4.78 is 16.7. The summed E-state index contributed by atoms with van der Waals surface area (Å²) >= 11 is 0. The molecule has 0 saturated carbocycles. The van der Waals surface area contributed by atoms with Crippen LogP contribution in [0.1, 0.15) is 12.5 Å². The van der Waals surface area contributed by atoms with Crippen molar-refractivity contribution in [1.82, 2.24) is 9.80 Å². The molecule has 1 amide bonds. The van der Waals surface area contributed by atoms with E-state index >= 15 is 0 Å². The van der Waals surface area contributed by atoms with Crippen LogP contribution >= 0.6 is 0 Å². The number of methoxy groups -OCH3 is 2. The lowest BCUT2D eigenvalue weighted by molar-refractivity contribution is -0.127. The Bertz CT molecular complexity index is 1110. The molecule has 1 aliphatic heterocycles. The second-order valence-corrected chi connectivity index (χ2v) is 7.88. The molecule has 0 N–H and O–H groups in total. The van der Waals surface area contributed by atoms with E-state index in [1.54, 1.807) is 26.6 Å². The molecule has 0 bridgehead atoms. The predicted octanol–water partition coefficient (Wildman–Crippen LogP) is 4.29. The molecule has 2 heterocycles. The number of hydrogen-bond donors (Lipinski definition) is 0. The number of hydrogen-bond acceptors (Lipinski definition) is 5. The van der Waals surface area contributed by atoms with Gasteiger partial charge in [-0.05, 0) is 43.3 Å². The number of fused-ring (bicyclic) bond motifs is 1. The van der Waals surface area contributed by atoms with Crippen LogP contribution in [0.2, 0.25) is 0 Å². The van der Waals surface area contributed by atoms with E-state index in [2.05, 4.69) is 11.9 Å². The molecule has 6 nitrogen and oxygen atoms in total. The minimum absolute atomic E-state index is 0.0373. The first-order valence-electron chi connectivity index (χ1n) is 10.4. The summed E-state index contributed by atoms with van der Waals surface area (Å²) in [6.45, 7) is 5.24. The molecule has 1 aromatic heterocycles. The van der Waals surface area contributed by atoms with Crippen LogP contribution in [0.15, 0.2) is 53.2 Å². The van der Waals surface area contributed by atoms with E-state index in [0.717, 1.165) is 65.2 Å². The summed E-state index contributed by atoms with van der Waals surface area (Å²) in [7, 11) is 5.36. The highest BCUT2D eigenvalue weighted by atomic mass is 16.5. The first-order valence-corrected chi connectivity index (χ1v) is 10.4. The van der Waals surface area contributed by atoms with Crippen molar-refractivity contribution in [1.29, 1.82) is 0 Å². The fourth-order valence-electron chi connectivity index (χ4n) is 3.91. The monoisotopic (exact) mass is 420 g/mol. The number of nitrogens with zero attached hydrogens (tertiary/aromatic N) is 2. The lowest BCUT2D eigenvalue weighted by Gasteiger charge is -2.31. The molecule has 1 aliphatic rings. The maximum atomic E-state index is 12.8. The van der Waals surface area contributed by atoms with Crippen LogP contribution in [0, 0.1) is 0 Å². The Morgan fingerprint density at radius 2 is 1.74 bits per heavy atom. The van der Waals surface area contributed by atoms with Crippen molar-refractivity contribution in [2.24, 2.45) is 0 Å². The smallest absolute Gasteiger partial charge is 0.246 e. The van der Waals surface area contributed by atoms with Gasteiger partial charge in [0.1, 0.15) is 17.1 Å². The highest BCUT2D eigenvalue weighted by Gasteiger charge is 2.19. The van der Waals surface area contributed by atoms with Crippen LogP contribution in [0.4, 0.5) is 0 Å². The van der Waals surface area contributed by atoms with Gasteiger partial charge in [0.2, 0.25) is 5.91 Å². The molecular formula is C25H28N2O4. The highest BCUT2D eigenvalue weighted by molar-refractivity contribution is 6.00. The molecule has 0 unspecified atom stereocenters. The molecule has 0 aliphatic carbocycles. The number of carbonyl (C=O) groups is 1. The summed E-state index contributed by atoms with van der Waals surface area (Å²) in [5.41, 5.74) is 4.51. The van der Waals surface area contributed by atoms with Gasteiger partial charge in [-0.2, -0.15) is 0 Å². The zero-order valence-corrected chi connectivity index (χ0v) is 18.5. The summed E-state index contributed by atoms with van der Waals surface area (Å²) in [4.78, 5) is 16.9. The van der Waals surface area contributed by atoms with Crippen molar-refractivity contribution >= 4 is 22.4 Å². The average molecular weight is 421 g/mol. The van der Waals surface area contributed by atoms with E-state index in [4.69, 9.17) is 13.9 Å². The third kappa shape index (κ3) is 4.30. The molecular weight excluding hydrogens is 392 g/mol. The van der Waals surface area contributed by atoms with Gasteiger partial charge in [0.15, 0.2) is 0 Å². The second kappa shape index (κ2) is 8.86. The van der Waals surface area contributed by atoms with Crippen molar-refractivity contribution in [3.63, 3.8) is 0 Å². The predicted molar refractivity (Wildman–Crippen MR) is 122 cm³/mol. The number of carbonyl (C=O) groups excluding carboxylic acids is 1. The van der Waals surface area contributed by atoms with Gasteiger partial charge in [-0.1, -0.05) is 12.1 Å². The van der Waals surface area contributed by atoms with Gasteiger partial charge in [-0.25, -0.2) is 0 Å². The average Bonchev–Trinajstić information content (AvgIpc) is 3.21. The number of benzene rings is 2. The Hall–Kier alpha value is -3.25. The van der Waals surface area contributed by atoms with Crippen molar-refractivity contribution in [2.45, 2.75) is 6.92 Å². The van der Waals surface area contributed by atoms with Crippen LogP contribution in [0.5, 0.6) is 11.5 Å². The van der Waals surface area contributed by atoms with Crippen molar-refractivity contribution in [3.8, 4) is 22.6 Å². The quantitative estimate of drug-likeness (QED) is 0.576. The summed E-state index contributed by atoms with van der Waals surface area (Å²) in [6, 6.07) is 11.8. The first kappa shape index (κ1) is 21.0. The zero-order chi connectivity index (χ0) is 22.0. The van der Waals surface area contributed by atoms with Crippen LogP contribution in [-0.4, -0.2) is 63.2 Å². The number of ether oxygens (including phenoxy) is 2. The Morgan fingerprint density at radius 3 is 2.39 bits per heavy atom. The molecule has 0 spiro atoms. The minimum atomic E-state index is 0.0373. The van der Waals surface area contributed by atoms with Gasteiger partial charge in [0, 0.05) is 54.8 Å². The standard InChI is InChI=1S/C25H28N2O4/c1-17(13-25(28)27-11-9-26(2)10-12-27)20-14-21-22(16-31-24(21)15-23(20)30-4)18-5-7-19(29-3)8-6-18/h5-8,13-16H,9-12H2,1-4H3/b17-13+. The van der Waals surface area contributed by atoms with E-state index in [1.807, 2.05) is 48.2 Å². The first-order chi connectivity index (χ1) is 15.0. The van der Waals surface area contributed by atoms with Gasteiger partial charge < -0.3 is 23.7 Å². The number of allylic oxidation sites excluding steroid dienone is 1. The molecule has 31 heavy (non-hydrogen) atoms. The molecule has 0 radical (unpaired) electrons. The topological polar surface area (TPSA) is 55.2 Å². The van der Waals surface area contributed by atoms with Gasteiger partial charge >= 0.3 is 0 Å². The molecule has 3 aromatic rings. The summed E-state index contributed by atoms with van der Waals surface area (Å²) in [6.07, 6.45) is 3.46. The molecule has 0 atom stereocenters. The fourth-order valence-corrected chi connectivity index (χ4v) is 3.91. The normalized spacial score (nSPS) is 15.4. The highest BCUT2D eigenvalue weighted by Crippen LogP contribution is 2.37. The maximum Gasteiger partial charge on any atom is 0.246 e. The number of piperazine rings is 1. The number of furan rings is 1.